The van der Waals surface area contributed by atoms with E-state index >= 15 is 0 Å². The number of pyridine rings is 1. The topological polar surface area (TPSA) is 59.1 Å². The molecule has 4 nitrogen and oxygen atoms in total. The molecule has 0 aliphatic rings. The molecule has 19 heavy (non-hydrogen) atoms. The van der Waals surface area contributed by atoms with Crippen LogP contribution in [0.3, 0.4) is 0 Å². The predicted octanol–water partition coefficient (Wildman–Crippen LogP) is 3.44. The average molecular weight is 366 g/mol. The van der Waals surface area contributed by atoms with Crippen molar-refractivity contribution in [3.05, 3.63) is 52.0 Å². The molecule has 0 aliphatic carbocycles. The van der Waals surface area contributed by atoms with Crippen molar-refractivity contribution in [3.8, 4) is 0 Å². The Labute approximate surface area is 122 Å². The van der Waals surface area contributed by atoms with Crippen LogP contribution in [-0.4, -0.2) is 13.4 Å². The van der Waals surface area contributed by atoms with Crippen LogP contribution in [0.15, 0.2) is 46.0 Å². The number of aromatic nitrogens is 1. The van der Waals surface area contributed by atoms with Gasteiger partial charge in [-0.25, -0.2) is 17.8 Å². The molecule has 1 aromatic carbocycles. The van der Waals surface area contributed by atoms with Crippen molar-refractivity contribution in [2.24, 2.45) is 0 Å². The average Bonchev–Trinajstić information content (AvgIpc) is 2.31. The number of nitrogens with zero attached hydrogens (tertiary/aromatic N) is 1. The third-order valence-electron chi connectivity index (χ3n) is 2.16. The molecule has 2 aromatic rings. The summed E-state index contributed by atoms with van der Waals surface area (Å²) in [5.41, 5.74) is 0.234. The minimum atomic E-state index is -4.01. The first-order valence-corrected chi connectivity index (χ1v) is 7.63. The van der Waals surface area contributed by atoms with Crippen LogP contribution in [0, 0.1) is 5.82 Å². The lowest BCUT2D eigenvalue weighted by Gasteiger charge is -2.08. The number of halogens is 3. The van der Waals surface area contributed by atoms with Crippen LogP contribution in [0.5, 0.6) is 0 Å². The summed E-state index contributed by atoms with van der Waals surface area (Å²) in [4.78, 5) is 3.40. The van der Waals surface area contributed by atoms with E-state index in [1.807, 2.05) is 0 Å². The van der Waals surface area contributed by atoms with Gasteiger partial charge in [-0.1, -0.05) is 11.6 Å². The van der Waals surface area contributed by atoms with E-state index in [1.54, 1.807) is 6.07 Å². The van der Waals surface area contributed by atoms with Gasteiger partial charge in [0.05, 0.1) is 11.9 Å². The van der Waals surface area contributed by atoms with E-state index in [0.717, 1.165) is 12.1 Å². The second-order valence-electron chi connectivity index (χ2n) is 3.55. The Bertz CT molecular complexity index is 707. The summed E-state index contributed by atoms with van der Waals surface area (Å²) in [6.45, 7) is 0. The van der Waals surface area contributed by atoms with Gasteiger partial charge in [-0.2, -0.15) is 0 Å². The Hall–Kier alpha value is -1.18. The number of rotatable bonds is 3. The number of sulfonamides is 1. The molecular formula is C11H7BrClFN2O2S. The van der Waals surface area contributed by atoms with E-state index in [2.05, 4.69) is 25.6 Å². The van der Waals surface area contributed by atoms with Crippen molar-refractivity contribution in [1.82, 2.24) is 4.98 Å². The summed E-state index contributed by atoms with van der Waals surface area (Å²) in [6.07, 6.45) is 1.31. The van der Waals surface area contributed by atoms with Crippen LogP contribution in [0.4, 0.5) is 10.1 Å². The second kappa shape index (κ2) is 5.44. The Kier molecular flexibility index (Phi) is 4.07. The lowest BCUT2D eigenvalue weighted by atomic mass is 10.3. The molecule has 1 aromatic heterocycles. The van der Waals surface area contributed by atoms with Crippen molar-refractivity contribution in [2.75, 3.05) is 4.72 Å². The maximum Gasteiger partial charge on any atom is 0.264 e. The van der Waals surface area contributed by atoms with Crippen molar-refractivity contribution >= 4 is 43.2 Å². The van der Waals surface area contributed by atoms with Crippen molar-refractivity contribution in [1.29, 1.82) is 0 Å². The van der Waals surface area contributed by atoms with Crippen molar-refractivity contribution in [3.63, 3.8) is 0 Å². The maximum absolute atomic E-state index is 13.6. The zero-order valence-electron chi connectivity index (χ0n) is 9.27. The van der Waals surface area contributed by atoms with E-state index in [9.17, 15) is 12.8 Å². The van der Waals surface area contributed by atoms with Gasteiger partial charge < -0.3 is 0 Å². The minimum Gasteiger partial charge on any atom is -0.278 e. The molecule has 1 N–H and O–H groups in total. The number of hydrogen-bond acceptors (Lipinski definition) is 3. The number of hydrogen-bond donors (Lipinski definition) is 1. The van der Waals surface area contributed by atoms with Gasteiger partial charge in [-0.15, -0.1) is 0 Å². The molecular weight excluding hydrogens is 359 g/mol. The van der Waals surface area contributed by atoms with Gasteiger partial charge in [-0.05, 0) is 46.3 Å². The lowest BCUT2D eigenvalue weighted by Crippen LogP contribution is -2.14. The standard InChI is InChI=1S/C11H7BrClFN2O2S/c12-11-4-2-8(6-15-11)16-19(17,18)10-3-1-7(13)5-9(10)14/h1-6,16H. The van der Waals surface area contributed by atoms with E-state index in [0.29, 0.717) is 4.60 Å². The highest BCUT2D eigenvalue weighted by atomic mass is 79.9. The molecule has 0 saturated heterocycles. The molecule has 100 valence electrons. The Balaban J connectivity index is 2.35. The quantitative estimate of drug-likeness (QED) is 0.848. The van der Waals surface area contributed by atoms with E-state index in [-0.39, 0.29) is 10.7 Å². The highest BCUT2D eigenvalue weighted by Gasteiger charge is 2.19. The molecule has 0 aliphatic heterocycles. The van der Waals surface area contributed by atoms with Crippen LogP contribution in [0.2, 0.25) is 5.02 Å². The highest BCUT2D eigenvalue weighted by molar-refractivity contribution is 9.10. The fourth-order valence-electron chi connectivity index (χ4n) is 1.34. The zero-order valence-corrected chi connectivity index (χ0v) is 12.4. The molecule has 0 atom stereocenters. The molecule has 0 amide bonds. The molecule has 0 bridgehead atoms. The van der Waals surface area contributed by atoms with Crippen LogP contribution < -0.4 is 4.72 Å². The SMILES string of the molecule is O=S(=O)(Nc1ccc(Br)nc1)c1ccc(Cl)cc1F. The highest BCUT2D eigenvalue weighted by Crippen LogP contribution is 2.21. The van der Waals surface area contributed by atoms with Crippen LogP contribution >= 0.6 is 27.5 Å². The van der Waals surface area contributed by atoms with Crippen molar-refractivity contribution < 1.29 is 12.8 Å². The van der Waals surface area contributed by atoms with Crippen LogP contribution in [0.25, 0.3) is 0 Å². The van der Waals surface area contributed by atoms with Gasteiger partial charge in [0.25, 0.3) is 10.0 Å². The summed E-state index contributed by atoms with van der Waals surface area (Å²) in [6, 6.07) is 6.42. The summed E-state index contributed by atoms with van der Waals surface area (Å²) >= 11 is 8.70. The van der Waals surface area contributed by atoms with Gasteiger partial charge in [0, 0.05) is 5.02 Å². The molecule has 0 fully saturated rings. The van der Waals surface area contributed by atoms with E-state index in [1.165, 1.54) is 18.3 Å². The predicted molar refractivity (Wildman–Crippen MR) is 74.2 cm³/mol. The fourth-order valence-corrected chi connectivity index (χ4v) is 2.84. The molecule has 1 heterocycles. The van der Waals surface area contributed by atoms with Gasteiger partial charge >= 0.3 is 0 Å². The Morgan fingerprint density at radius 3 is 2.58 bits per heavy atom. The Morgan fingerprint density at radius 1 is 1.26 bits per heavy atom. The molecule has 2 rings (SSSR count). The van der Waals surface area contributed by atoms with Gasteiger partial charge in [-0.3, -0.25) is 4.72 Å². The first kappa shape index (κ1) is 14.2. The summed E-state index contributed by atoms with van der Waals surface area (Å²) in [7, 11) is -4.01. The summed E-state index contributed by atoms with van der Waals surface area (Å²) < 4.78 is 40.3. The third kappa shape index (κ3) is 3.43. The smallest absolute Gasteiger partial charge is 0.264 e. The zero-order chi connectivity index (χ0) is 14.0. The molecule has 0 saturated carbocycles. The van der Waals surface area contributed by atoms with E-state index in [4.69, 9.17) is 11.6 Å². The molecule has 0 unspecified atom stereocenters. The Morgan fingerprint density at radius 2 is 2.00 bits per heavy atom. The number of benzene rings is 1. The third-order valence-corrected chi connectivity index (χ3v) is 4.28. The molecule has 8 heteroatoms. The van der Waals surface area contributed by atoms with Gasteiger partial charge in [0.15, 0.2) is 0 Å². The van der Waals surface area contributed by atoms with Gasteiger partial charge in [0.2, 0.25) is 0 Å². The van der Waals surface area contributed by atoms with Gasteiger partial charge in [0.1, 0.15) is 15.3 Å². The summed E-state index contributed by atoms with van der Waals surface area (Å²) in [5, 5.41) is 0.127. The molecule has 0 radical (unpaired) electrons. The van der Waals surface area contributed by atoms with E-state index < -0.39 is 20.7 Å². The largest absolute Gasteiger partial charge is 0.278 e. The number of nitrogens with one attached hydrogen (secondary N) is 1. The fraction of sp³-hybridized carbons (Fsp3) is 0. The van der Waals surface area contributed by atoms with Crippen molar-refractivity contribution in [2.45, 2.75) is 4.90 Å². The first-order valence-electron chi connectivity index (χ1n) is 4.98. The monoisotopic (exact) mass is 364 g/mol. The molecule has 0 spiro atoms. The lowest BCUT2D eigenvalue weighted by molar-refractivity contribution is 0.570. The van der Waals surface area contributed by atoms with Crippen LogP contribution in [-0.2, 0) is 10.0 Å². The summed E-state index contributed by atoms with van der Waals surface area (Å²) in [5.74, 6) is -0.912. The number of anilines is 1. The first-order chi connectivity index (χ1) is 8.88. The normalized spacial score (nSPS) is 11.3. The maximum atomic E-state index is 13.6. The minimum absolute atomic E-state index is 0.127. The van der Waals surface area contributed by atoms with Crippen LogP contribution in [0.1, 0.15) is 0 Å². The second-order valence-corrected chi connectivity index (χ2v) is 6.45.